The Bertz CT molecular complexity index is 128. The van der Waals surface area contributed by atoms with Crippen LogP contribution in [0.5, 0.6) is 0 Å². The van der Waals surface area contributed by atoms with Crippen molar-refractivity contribution in [1.82, 2.24) is 0 Å². The average Bonchev–Trinajstić information content (AvgIpc) is 1.88. The van der Waals surface area contributed by atoms with Gasteiger partial charge in [0.05, 0.1) is 5.41 Å². The molecule has 0 spiro atoms. The predicted octanol–water partition coefficient (Wildman–Crippen LogP) is 2.68. The molecule has 0 aromatic heterocycles. The Balaban J connectivity index is 3.64. The molecule has 0 atom stereocenters. The number of unbranched alkanes of at least 4 members (excludes halogenated alkanes) is 2. The summed E-state index contributed by atoms with van der Waals surface area (Å²) in [4.78, 5) is 10.6. The molecule has 2 nitrogen and oxygen atoms in total. The number of carboxylic acid groups (broad SMARTS) is 1. The standard InChI is InChI=1S/C9H18O2/c1-4-5-6-7-9(2,3)8(10)11/h4-7H2,1-3H3,(H,10,11). The first-order chi connectivity index (χ1) is 5.00. The number of carbonyl (C=O) groups is 1. The highest BCUT2D eigenvalue weighted by Crippen LogP contribution is 2.23. The van der Waals surface area contributed by atoms with Crippen LogP contribution in [0.15, 0.2) is 0 Å². The van der Waals surface area contributed by atoms with Gasteiger partial charge in [-0.3, -0.25) is 4.79 Å². The minimum absolute atomic E-state index is 0.533. The summed E-state index contributed by atoms with van der Waals surface area (Å²) in [5.41, 5.74) is -0.533. The smallest absolute Gasteiger partial charge is 0.309 e. The van der Waals surface area contributed by atoms with Gasteiger partial charge in [-0.2, -0.15) is 0 Å². The van der Waals surface area contributed by atoms with Gasteiger partial charge in [0.15, 0.2) is 0 Å². The summed E-state index contributed by atoms with van der Waals surface area (Å²) in [7, 11) is 0. The molecule has 0 heterocycles. The van der Waals surface area contributed by atoms with Gasteiger partial charge in [0.25, 0.3) is 0 Å². The van der Waals surface area contributed by atoms with E-state index in [1.54, 1.807) is 13.8 Å². The summed E-state index contributed by atoms with van der Waals surface area (Å²) in [6.07, 6.45) is 4.10. The molecular formula is C9H18O2. The summed E-state index contributed by atoms with van der Waals surface area (Å²) in [6.45, 7) is 5.68. The van der Waals surface area contributed by atoms with E-state index in [0.717, 1.165) is 25.7 Å². The molecule has 0 aromatic rings. The number of hydrogen-bond acceptors (Lipinski definition) is 1. The Kier molecular flexibility index (Phi) is 4.16. The number of hydrogen-bond donors (Lipinski definition) is 1. The summed E-state index contributed by atoms with van der Waals surface area (Å²) in [6, 6.07) is 0. The summed E-state index contributed by atoms with van der Waals surface area (Å²) in [5, 5.41) is 8.74. The zero-order valence-electron chi connectivity index (χ0n) is 7.68. The lowest BCUT2D eigenvalue weighted by Gasteiger charge is -2.18. The maximum absolute atomic E-state index is 10.6. The molecule has 0 saturated heterocycles. The highest BCUT2D eigenvalue weighted by Gasteiger charge is 2.25. The molecule has 0 aromatic carbocycles. The predicted molar refractivity (Wildman–Crippen MR) is 45.6 cm³/mol. The van der Waals surface area contributed by atoms with Crippen molar-refractivity contribution < 1.29 is 9.90 Å². The topological polar surface area (TPSA) is 37.3 Å². The minimum atomic E-state index is -0.686. The molecule has 0 aliphatic carbocycles. The van der Waals surface area contributed by atoms with Crippen LogP contribution in [0.4, 0.5) is 0 Å². The van der Waals surface area contributed by atoms with Crippen LogP contribution in [0.25, 0.3) is 0 Å². The molecule has 2 heteroatoms. The van der Waals surface area contributed by atoms with Crippen LogP contribution in [-0.2, 0) is 4.79 Å². The molecule has 0 saturated carbocycles. The van der Waals surface area contributed by atoms with E-state index in [0.29, 0.717) is 0 Å². The molecule has 11 heavy (non-hydrogen) atoms. The molecular weight excluding hydrogens is 140 g/mol. The summed E-state index contributed by atoms with van der Waals surface area (Å²) >= 11 is 0. The van der Waals surface area contributed by atoms with Gasteiger partial charge < -0.3 is 5.11 Å². The van der Waals surface area contributed by atoms with Crippen LogP contribution < -0.4 is 0 Å². The molecule has 0 amide bonds. The second-order valence-corrected chi connectivity index (χ2v) is 3.65. The van der Waals surface area contributed by atoms with E-state index < -0.39 is 11.4 Å². The van der Waals surface area contributed by atoms with E-state index in [9.17, 15) is 4.79 Å². The van der Waals surface area contributed by atoms with E-state index in [1.807, 2.05) is 0 Å². The average molecular weight is 158 g/mol. The first kappa shape index (κ1) is 10.5. The van der Waals surface area contributed by atoms with Crippen molar-refractivity contribution in [1.29, 1.82) is 0 Å². The van der Waals surface area contributed by atoms with Crippen LogP contribution in [0.2, 0.25) is 0 Å². The molecule has 0 fully saturated rings. The fraction of sp³-hybridized carbons (Fsp3) is 0.889. The third-order valence-corrected chi connectivity index (χ3v) is 1.98. The third kappa shape index (κ3) is 4.02. The Morgan fingerprint density at radius 2 is 1.91 bits per heavy atom. The fourth-order valence-corrected chi connectivity index (χ4v) is 0.924. The van der Waals surface area contributed by atoms with Gasteiger partial charge in [-0.05, 0) is 20.3 Å². The van der Waals surface area contributed by atoms with E-state index in [4.69, 9.17) is 5.11 Å². The van der Waals surface area contributed by atoms with E-state index in [-0.39, 0.29) is 0 Å². The molecule has 66 valence electrons. The zero-order chi connectivity index (χ0) is 8.91. The van der Waals surface area contributed by atoms with Crippen LogP contribution in [0.1, 0.15) is 46.5 Å². The van der Waals surface area contributed by atoms with Crippen LogP contribution in [0, 0.1) is 5.41 Å². The quantitative estimate of drug-likeness (QED) is 0.624. The monoisotopic (exact) mass is 158 g/mol. The van der Waals surface area contributed by atoms with Gasteiger partial charge in [-0.15, -0.1) is 0 Å². The van der Waals surface area contributed by atoms with Crippen molar-refractivity contribution >= 4 is 5.97 Å². The second kappa shape index (κ2) is 4.37. The third-order valence-electron chi connectivity index (χ3n) is 1.98. The number of aliphatic carboxylic acids is 1. The lowest BCUT2D eigenvalue weighted by atomic mass is 9.87. The molecule has 0 aliphatic rings. The largest absolute Gasteiger partial charge is 0.481 e. The minimum Gasteiger partial charge on any atom is -0.481 e. The highest BCUT2D eigenvalue weighted by molar-refractivity contribution is 5.73. The molecule has 1 N–H and O–H groups in total. The zero-order valence-corrected chi connectivity index (χ0v) is 7.68. The van der Waals surface area contributed by atoms with E-state index in [1.165, 1.54) is 0 Å². The molecule has 0 rings (SSSR count). The van der Waals surface area contributed by atoms with Crippen molar-refractivity contribution in [2.24, 2.45) is 5.41 Å². The van der Waals surface area contributed by atoms with Gasteiger partial charge >= 0.3 is 5.97 Å². The lowest BCUT2D eigenvalue weighted by Crippen LogP contribution is -2.23. The van der Waals surface area contributed by atoms with Gasteiger partial charge in [-0.1, -0.05) is 26.2 Å². The summed E-state index contributed by atoms with van der Waals surface area (Å²) in [5.74, 6) is -0.686. The summed E-state index contributed by atoms with van der Waals surface area (Å²) < 4.78 is 0. The lowest BCUT2D eigenvalue weighted by molar-refractivity contribution is -0.147. The van der Waals surface area contributed by atoms with Gasteiger partial charge in [0.2, 0.25) is 0 Å². The molecule has 0 bridgehead atoms. The SMILES string of the molecule is CCCCCC(C)(C)C(=O)O. The second-order valence-electron chi connectivity index (χ2n) is 3.65. The van der Waals surface area contributed by atoms with Crippen LogP contribution in [0.3, 0.4) is 0 Å². The Morgan fingerprint density at radius 3 is 2.27 bits per heavy atom. The van der Waals surface area contributed by atoms with Crippen LogP contribution >= 0.6 is 0 Å². The maximum Gasteiger partial charge on any atom is 0.309 e. The van der Waals surface area contributed by atoms with Gasteiger partial charge in [-0.25, -0.2) is 0 Å². The first-order valence-corrected chi connectivity index (χ1v) is 4.24. The first-order valence-electron chi connectivity index (χ1n) is 4.24. The molecule has 0 unspecified atom stereocenters. The normalized spacial score (nSPS) is 11.5. The highest BCUT2D eigenvalue weighted by atomic mass is 16.4. The Morgan fingerprint density at radius 1 is 1.36 bits per heavy atom. The van der Waals surface area contributed by atoms with Crippen LogP contribution in [-0.4, -0.2) is 11.1 Å². The Hall–Kier alpha value is -0.530. The molecule has 0 radical (unpaired) electrons. The van der Waals surface area contributed by atoms with Crippen molar-refractivity contribution in [2.45, 2.75) is 46.5 Å². The number of rotatable bonds is 5. The number of carboxylic acids is 1. The van der Waals surface area contributed by atoms with E-state index in [2.05, 4.69) is 6.92 Å². The fourth-order valence-electron chi connectivity index (χ4n) is 0.924. The van der Waals surface area contributed by atoms with E-state index >= 15 is 0 Å². The molecule has 0 aliphatic heterocycles. The van der Waals surface area contributed by atoms with Crippen molar-refractivity contribution in [3.63, 3.8) is 0 Å². The van der Waals surface area contributed by atoms with Gasteiger partial charge in [0.1, 0.15) is 0 Å². The van der Waals surface area contributed by atoms with Crippen molar-refractivity contribution in [2.75, 3.05) is 0 Å². The van der Waals surface area contributed by atoms with Crippen molar-refractivity contribution in [3.8, 4) is 0 Å². The van der Waals surface area contributed by atoms with Crippen molar-refractivity contribution in [3.05, 3.63) is 0 Å². The van der Waals surface area contributed by atoms with Gasteiger partial charge in [0, 0.05) is 0 Å². The Labute approximate surface area is 68.6 Å². The maximum atomic E-state index is 10.6.